The summed E-state index contributed by atoms with van der Waals surface area (Å²) in [5.74, 6) is 1.41. The van der Waals surface area contributed by atoms with E-state index in [4.69, 9.17) is 65.5 Å². The van der Waals surface area contributed by atoms with Gasteiger partial charge in [0, 0.05) is 18.7 Å². The average Bonchev–Trinajstić information content (AvgIpc) is 2.65. The fraction of sp³-hybridized carbons (Fsp3) is 0.571. The van der Waals surface area contributed by atoms with Crippen molar-refractivity contribution in [2.75, 3.05) is 33.0 Å². The van der Waals surface area contributed by atoms with Crippen LogP contribution >= 0.6 is 46.4 Å². The normalized spacial score (nSPS) is 11.5. The van der Waals surface area contributed by atoms with E-state index in [9.17, 15) is 0 Å². The molecule has 0 aliphatic carbocycles. The molecular formula is C21H29Cl4NO4. The SMILES string of the molecule is CC(COCCCCCOc1c(Cl)cc(OCC=C(Cl)Cl)cc1Cl)=NOCC(C)C. The Kier molecular flexibility index (Phi) is 14.4. The molecule has 1 rings (SSSR count). The lowest BCUT2D eigenvalue weighted by Crippen LogP contribution is -2.08. The maximum atomic E-state index is 6.24. The van der Waals surface area contributed by atoms with Gasteiger partial charge in [-0.15, -0.1) is 0 Å². The molecule has 0 spiro atoms. The van der Waals surface area contributed by atoms with Crippen LogP contribution in [-0.2, 0) is 9.57 Å². The number of benzene rings is 1. The lowest BCUT2D eigenvalue weighted by molar-refractivity contribution is 0.111. The van der Waals surface area contributed by atoms with Crippen molar-refractivity contribution in [1.29, 1.82) is 0 Å². The van der Waals surface area contributed by atoms with Crippen molar-refractivity contribution < 1.29 is 19.0 Å². The Morgan fingerprint density at radius 1 is 1.03 bits per heavy atom. The quantitative estimate of drug-likeness (QED) is 0.144. The van der Waals surface area contributed by atoms with Gasteiger partial charge in [0.15, 0.2) is 5.75 Å². The highest BCUT2D eigenvalue weighted by atomic mass is 35.5. The summed E-state index contributed by atoms with van der Waals surface area (Å²) in [5, 5.41) is 4.79. The Labute approximate surface area is 199 Å². The molecule has 0 unspecified atom stereocenters. The van der Waals surface area contributed by atoms with Gasteiger partial charge in [0.2, 0.25) is 0 Å². The first-order valence-corrected chi connectivity index (χ1v) is 11.3. The van der Waals surface area contributed by atoms with E-state index in [-0.39, 0.29) is 11.1 Å². The summed E-state index contributed by atoms with van der Waals surface area (Å²) in [6, 6.07) is 3.28. The van der Waals surface area contributed by atoms with Crippen molar-refractivity contribution in [3.63, 3.8) is 0 Å². The molecule has 0 radical (unpaired) electrons. The lowest BCUT2D eigenvalue weighted by atomic mass is 10.2. The van der Waals surface area contributed by atoms with Crippen LogP contribution < -0.4 is 9.47 Å². The smallest absolute Gasteiger partial charge is 0.156 e. The summed E-state index contributed by atoms with van der Waals surface area (Å²) in [7, 11) is 0. The summed E-state index contributed by atoms with van der Waals surface area (Å²) in [6.45, 7) is 8.52. The van der Waals surface area contributed by atoms with Crippen molar-refractivity contribution >= 4 is 52.1 Å². The van der Waals surface area contributed by atoms with Gasteiger partial charge in [0.25, 0.3) is 0 Å². The molecule has 5 nitrogen and oxygen atoms in total. The molecule has 0 saturated carbocycles. The average molecular weight is 501 g/mol. The minimum absolute atomic E-state index is 0.136. The van der Waals surface area contributed by atoms with Crippen molar-refractivity contribution in [2.45, 2.75) is 40.0 Å². The molecule has 0 aromatic heterocycles. The van der Waals surface area contributed by atoms with E-state index in [1.807, 2.05) is 6.92 Å². The van der Waals surface area contributed by atoms with Crippen LogP contribution in [0.2, 0.25) is 10.0 Å². The highest BCUT2D eigenvalue weighted by molar-refractivity contribution is 6.55. The van der Waals surface area contributed by atoms with Gasteiger partial charge < -0.3 is 19.0 Å². The minimum atomic E-state index is 0.136. The predicted octanol–water partition coefficient (Wildman–Crippen LogP) is 7.31. The Balaban J connectivity index is 2.21. The van der Waals surface area contributed by atoms with Crippen molar-refractivity contribution in [3.8, 4) is 11.5 Å². The second-order valence-corrected chi connectivity index (χ2v) is 8.82. The Morgan fingerprint density at radius 2 is 1.70 bits per heavy atom. The van der Waals surface area contributed by atoms with E-state index in [0.717, 1.165) is 25.0 Å². The van der Waals surface area contributed by atoms with Gasteiger partial charge in [-0.3, -0.25) is 0 Å². The second-order valence-electron chi connectivity index (χ2n) is 7.00. The van der Waals surface area contributed by atoms with E-state index < -0.39 is 0 Å². The van der Waals surface area contributed by atoms with Crippen molar-refractivity contribution in [2.24, 2.45) is 11.1 Å². The topological polar surface area (TPSA) is 49.3 Å². The first-order chi connectivity index (χ1) is 14.3. The number of nitrogens with zero attached hydrogens (tertiary/aromatic N) is 1. The van der Waals surface area contributed by atoms with Gasteiger partial charge >= 0.3 is 0 Å². The van der Waals surface area contributed by atoms with Crippen LogP contribution in [0.1, 0.15) is 40.0 Å². The van der Waals surface area contributed by atoms with Crippen LogP contribution in [0.4, 0.5) is 0 Å². The van der Waals surface area contributed by atoms with Gasteiger partial charge in [-0.25, -0.2) is 0 Å². The Bertz CT molecular complexity index is 669. The van der Waals surface area contributed by atoms with Crippen molar-refractivity contribution in [3.05, 3.63) is 32.7 Å². The maximum Gasteiger partial charge on any atom is 0.156 e. The van der Waals surface area contributed by atoms with Crippen LogP contribution in [0.5, 0.6) is 11.5 Å². The molecule has 1 aromatic carbocycles. The summed E-state index contributed by atoms with van der Waals surface area (Å²) < 4.78 is 16.9. The number of rotatable bonds is 15. The van der Waals surface area contributed by atoms with Crippen molar-refractivity contribution in [1.82, 2.24) is 0 Å². The zero-order valence-electron chi connectivity index (χ0n) is 17.6. The molecule has 0 saturated heterocycles. The van der Waals surface area contributed by atoms with Crippen LogP contribution in [-0.4, -0.2) is 38.7 Å². The number of halogens is 4. The van der Waals surface area contributed by atoms with Gasteiger partial charge in [0.05, 0.1) is 29.0 Å². The van der Waals surface area contributed by atoms with Gasteiger partial charge in [-0.1, -0.05) is 65.4 Å². The molecule has 0 atom stereocenters. The molecule has 9 heteroatoms. The molecule has 0 heterocycles. The first kappa shape index (κ1) is 27.2. The largest absolute Gasteiger partial charge is 0.490 e. The number of unbranched alkanes of at least 4 members (excludes halogenated alkanes) is 2. The van der Waals surface area contributed by atoms with Gasteiger partial charge in [-0.05, 0) is 38.2 Å². The second kappa shape index (κ2) is 15.9. The van der Waals surface area contributed by atoms with E-state index in [0.29, 0.717) is 53.9 Å². The minimum Gasteiger partial charge on any atom is -0.490 e. The van der Waals surface area contributed by atoms with E-state index in [2.05, 4.69) is 19.0 Å². The lowest BCUT2D eigenvalue weighted by Gasteiger charge is -2.12. The molecule has 0 amide bonds. The highest BCUT2D eigenvalue weighted by Gasteiger charge is 2.10. The van der Waals surface area contributed by atoms with Gasteiger partial charge in [0.1, 0.15) is 23.5 Å². The Hall–Kier alpha value is -0.850. The molecule has 0 aliphatic rings. The molecule has 1 aromatic rings. The first-order valence-electron chi connectivity index (χ1n) is 9.78. The maximum absolute atomic E-state index is 6.24. The van der Waals surface area contributed by atoms with Crippen LogP contribution in [0, 0.1) is 5.92 Å². The van der Waals surface area contributed by atoms with Crippen LogP contribution in [0.15, 0.2) is 27.9 Å². The summed E-state index contributed by atoms with van der Waals surface area (Å²) in [6.07, 6.45) is 4.27. The molecule has 170 valence electrons. The number of hydrogen-bond donors (Lipinski definition) is 0. The third kappa shape index (κ3) is 12.8. The number of ether oxygens (including phenoxy) is 3. The zero-order chi connectivity index (χ0) is 22.4. The number of oxime groups is 1. The molecule has 0 bridgehead atoms. The van der Waals surface area contributed by atoms with Gasteiger partial charge in [-0.2, -0.15) is 0 Å². The van der Waals surface area contributed by atoms with E-state index in [1.165, 1.54) is 6.08 Å². The summed E-state index contributed by atoms with van der Waals surface area (Å²) in [5.41, 5.74) is 0.831. The fourth-order valence-electron chi connectivity index (χ4n) is 2.16. The monoisotopic (exact) mass is 499 g/mol. The van der Waals surface area contributed by atoms with Crippen LogP contribution in [0.25, 0.3) is 0 Å². The number of hydrogen-bond acceptors (Lipinski definition) is 5. The highest BCUT2D eigenvalue weighted by Crippen LogP contribution is 2.37. The molecule has 0 N–H and O–H groups in total. The molecule has 0 aliphatic heterocycles. The third-order valence-electron chi connectivity index (χ3n) is 3.58. The third-order valence-corrected chi connectivity index (χ3v) is 4.45. The summed E-state index contributed by atoms with van der Waals surface area (Å²) >= 11 is 23.6. The predicted molar refractivity (Wildman–Crippen MR) is 126 cm³/mol. The van der Waals surface area contributed by atoms with E-state index >= 15 is 0 Å². The fourth-order valence-corrected chi connectivity index (χ4v) is 2.86. The molecular weight excluding hydrogens is 472 g/mol. The summed E-state index contributed by atoms with van der Waals surface area (Å²) in [4.78, 5) is 5.21. The van der Waals surface area contributed by atoms with E-state index in [1.54, 1.807) is 12.1 Å². The zero-order valence-corrected chi connectivity index (χ0v) is 20.6. The standard InChI is InChI=1S/C21H29Cl4NO4/c1-15(2)13-30-26-16(3)14-27-8-5-4-6-9-29-21-18(22)11-17(12-19(21)23)28-10-7-20(24)25/h7,11-12,15H,4-6,8-10,13-14H2,1-3H3. The Morgan fingerprint density at radius 3 is 2.33 bits per heavy atom. The molecule has 30 heavy (non-hydrogen) atoms. The molecule has 0 fully saturated rings. The van der Waals surface area contributed by atoms with Crippen LogP contribution in [0.3, 0.4) is 0 Å².